The molecule has 3 rings (SSSR count). The smallest absolute Gasteiger partial charge is 0.191 e. The van der Waals surface area contributed by atoms with E-state index in [1.807, 2.05) is 50.0 Å². The molecule has 3 heterocycles. The van der Waals surface area contributed by atoms with Crippen LogP contribution in [-0.2, 0) is 7.05 Å². The summed E-state index contributed by atoms with van der Waals surface area (Å²) in [6.45, 7) is 4.89. The molecule has 1 fully saturated rings. The average Bonchev–Trinajstić information content (AvgIpc) is 3.31. The van der Waals surface area contributed by atoms with Crippen molar-refractivity contribution in [3.8, 4) is 0 Å². The van der Waals surface area contributed by atoms with Crippen LogP contribution in [0.25, 0.3) is 0 Å². The number of nitrogens with one attached hydrogen (secondary N) is 2. The number of halogens is 1. The van der Waals surface area contributed by atoms with Gasteiger partial charge in [0.2, 0.25) is 0 Å². The van der Waals surface area contributed by atoms with E-state index in [1.165, 1.54) is 6.07 Å². The first-order chi connectivity index (χ1) is 14.0. The van der Waals surface area contributed by atoms with Crippen molar-refractivity contribution < 1.29 is 4.39 Å². The molecule has 1 saturated heterocycles. The summed E-state index contributed by atoms with van der Waals surface area (Å²) in [6, 6.07) is 3.39. The van der Waals surface area contributed by atoms with Gasteiger partial charge in [0.25, 0.3) is 0 Å². The highest BCUT2D eigenvalue weighted by atomic mass is 19.1. The van der Waals surface area contributed by atoms with E-state index in [2.05, 4.69) is 25.6 Å². The standard InChI is InChI=1S/C20H31FN8/c1-5-22-20(24-12-18(27(2)3)15-11-25-28(4)13-15)26-16-8-10-29(14-16)19-17(21)7-6-9-23-19/h6-7,9,11,13,16,18H,5,8,10,12,14H2,1-4H3,(H2,22,24,26). The van der Waals surface area contributed by atoms with Gasteiger partial charge in [0.05, 0.1) is 18.8 Å². The number of hydrogen-bond acceptors (Lipinski definition) is 5. The molecule has 0 saturated carbocycles. The Labute approximate surface area is 171 Å². The third kappa shape index (κ3) is 5.44. The molecular weight excluding hydrogens is 371 g/mol. The fourth-order valence-corrected chi connectivity index (χ4v) is 3.55. The van der Waals surface area contributed by atoms with Crippen molar-refractivity contribution in [3.63, 3.8) is 0 Å². The molecule has 0 bridgehead atoms. The molecule has 1 aliphatic rings. The minimum absolute atomic E-state index is 0.141. The summed E-state index contributed by atoms with van der Waals surface area (Å²) in [4.78, 5) is 13.1. The van der Waals surface area contributed by atoms with E-state index in [-0.39, 0.29) is 17.9 Å². The Balaban J connectivity index is 1.64. The highest BCUT2D eigenvalue weighted by Crippen LogP contribution is 2.21. The van der Waals surface area contributed by atoms with Gasteiger partial charge >= 0.3 is 0 Å². The van der Waals surface area contributed by atoms with Crippen LogP contribution in [0.5, 0.6) is 0 Å². The van der Waals surface area contributed by atoms with Gasteiger partial charge < -0.3 is 20.4 Å². The maximum atomic E-state index is 14.0. The van der Waals surface area contributed by atoms with Crippen LogP contribution in [0.1, 0.15) is 24.9 Å². The first-order valence-electron chi connectivity index (χ1n) is 10.0. The maximum absolute atomic E-state index is 14.0. The predicted molar refractivity (Wildman–Crippen MR) is 114 cm³/mol. The summed E-state index contributed by atoms with van der Waals surface area (Å²) in [5, 5.41) is 11.1. The van der Waals surface area contributed by atoms with E-state index < -0.39 is 0 Å². The first kappa shape index (κ1) is 21.0. The van der Waals surface area contributed by atoms with Gasteiger partial charge in [-0.05, 0) is 39.6 Å². The Bertz CT molecular complexity index is 818. The molecule has 2 atom stereocenters. The van der Waals surface area contributed by atoms with Crippen LogP contribution >= 0.6 is 0 Å². The lowest BCUT2D eigenvalue weighted by atomic mass is 10.1. The normalized spacial score (nSPS) is 18.3. The zero-order valence-electron chi connectivity index (χ0n) is 17.6. The molecule has 0 aromatic carbocycles. The van der Waals surface area contributed by atoms with Crippen LogP contribution < -0.4 is 15.5 Å². The van der Waals surface area contributed by atoms with Crippen LogP contribution in [0.3, 0.4) is 0 Å². The molecule has 29 heavy (non-hydrogen) atoms. The zero-order chi connectivity index (χ0) is 20.8. The second kappa shape index (κ2) is 9.69. The number of guanidine groups is 1. The number of aromatic nitrogens is 3. The number of rotatable bonds is 7. The molecule has 0 radical (unpaired) electrons. The molecule has 8 nitrogen and oxygen atoms in total. The number of hydrogen-bond donors (Lipinski definition) is 2. The zero-order valence-corrected chi connectivity index (χ0v) is 17.6. The Morgan fingerprint density at radius 3 is 2.93 bits per heavy atom. The summed E-state index contributed by atoms with van der Waals surface area (Å²) in [6.07, 6.45) is 6.44. The van der Waals surface area contributed by atoms with E-state index in [1.54, 1.807) is 12.3 Å². The Morgan fingerprint density at radius 1 is 1.45 bits per heavy atom. The number of anilines is 1. The van der Waals surface area contributed by atoms with Crippen molar-refractivity contribution in [3.05, 3.63) is 42.1 Å². The topological polar surface area (TPSA) is 73.6 Å². The third-order valence-corrected chi connectivity index (χ3v) is 5.07. The number of nitrogens with zero attached hydrogens (tertiary/aromatic N) is 6. The number of pyridine rings is 1. The van der Waals surface area contributed by atoms with E-state index >= 15 is 0 Å². The predicted octanol–water partition coefficient (Wildman–Crippen LogP) is 1.39. The van der Waals surface area contributed by atoms with E-state index in [9.17, 15) is 4.39 Å². The van der Waals surface area contributed by atoms with Gasteiger partial charge in [-0.1, -0.05) is 0 Å². The van der Waals surface area contributed by atoms with Gasteiger partial charge in [-0.2, -0.15) is 5.10 Å². The van der Waals surface area contributed by atoms with Gasteiger partial charge in [0.1, 0.15) is 0 Å². The van der Waals surface area contributed by atoms with Gasteiger partial charge in [-0.3, -0.25) is 9.67 Å². The molecule has 2 aromatic heterocycles. The summed E-state index contributed by atoms with van der Waals surface area (Å²) in [5.74, 6) is 0.915. The Morgan fingerprint density at radius 2 is 2.28 bits per heavy atom. The van der Waals surface area contributed by atoms with Crippen molar-refractivity contribution in [2.24, 2.45) is 12.0 Å². The lowest BCUT2D eigenvalue weighted by molar-refractivity contribution is 0.306. The van der Waals surface area contributed by atoms with Gasteiger partial charge in [0, 0.05) is 50.7 Å². The molecule has 1 aliphatic heterocycles. The van der Waals surface area contributed by atoms with Crippen LogP contribution in [0.2, 0.25) is 0 Å². The monoisotopic (exact) mass is 402 g/mol. The minimum Gasteiger partial charge on any atom is -0.357 e. The lowest BCUT2D eigenvalue weighted by Crippen LogP contribution is -2.45. The van der Waals surface area contributed by atoms with E-state index in [0.29, 0.717) is 18.9 Å². The van der Waals surface area contributed by atoms with E-state index in [4.69, 9.17) is 4.99 Å². The summed E-state index contributed by atoms with van der Waals surface area (Å²) < 4.78 is 15.8. The second-order valence-corrected chi connectivity index (χ2v) is 7.53. The fourth-order valence-electron chi connectivity index (χ4n) is 3.55. The summed E-state index contributed by atoms with van der Waals surface area (Å²) in [5.41, 5.74) is 1.13. The molecule has 0 aliphatic carbocycles. The number of aliphatic imine (C=N–C) groups is 1. The summed E-state index contributed by atoms with van der Waals surface area (Å²) in [7, 11) is 6.01. The van der Waals surface area contributed by atoms with Crippen LogP contribution in [0, 0.1) is 5.82 Å². The molecule has 0 spiro atoms. The highest BCUT2D eigenvalue weighted by molar-refractivity contribution is 5.80. The van der Waals surface area contributed by atoms with Crippen molar-refractivity contribution in [1.82, 2.24) is 30.3 Å². The highest BCUT2D eigenvalue weighted by Gasteiger charge is 2.26. The Kier molecular flexibility index (Phi) is 7.03. The molecule has 2 unspecified atom stereocenters. The average molecular weight is 403 g/mol. The molecule has 158 valence electrons. The van der Waals surface area contributed by atoms with Crippen molar-refractivity contribution in [1.29, 1.82) is 0 Å². The van der Waals surface area contributed by atoms with Gasteiger partial charge in [0.15, 0.2) is 17.6 Å². The minimum atomic E-state index is -0.279. The van der Waals surface area contributed by atoms with Crippen molar-refractivity contribution in [2.45, 2.75) is 25.4 Å². The van der Waals surface area contributed by atoms with Gasteiger partial charge in [-0.25, -0.2) is 9.37 Å². The molecule has 9 heteroatoms. The van der Waals surface area contributed by atoms with Crippen LogP contribution in [0.15, 0.2) is 35.7 Å². The summed E-state index contributed by atoms with van der Waals surface area (Å²) >= 11 is 0. The number of aryl methyl sites for hydroxylation is 1. The van der Waals surface area contributed by atoms with Crippen LogP contribution in [0.4, 0.5) is 10.2 Å². The Hall–Kier alpha value is -2.68. The van der Waals surface area contributed by atoms with Gasteiger partial charge in [-0.15, -0.1) is 0 Å². The van der Waals surface area contributed by atoms with Crippen molar-refractivity contribution in [2.75, 3.05) is 45.2 Å². The maximum Gasteiger partial charge on any atom is 0.191 e. The molecule has 2 aromatic rings. The van der Waals surface area contributed by atoms with Crippen LogP contribution in [-0.4, -0.2) is 71.9 Å². The fraction of sp³-hybridized carbons (Fsp3) is 0.550. The quantitative estimate of drug-likeness (QED) is 0.539. The molecular formula is C20H31FN8. The molecule has 0 amide bonds. The largest absolute Gasteiger partial charge is 0.357 e. The van der Waals surface area contributed by atoms with Crippen molar-refractivity contribution >= 4 is 11.8 Å². The number of likely N-dealkylation sites (N-methyl/N-ethyl adjacent to an activating group) is 1. The van der Waals surface area contributed by atoms with E-state index in [0.717, 1.165) is 31.0 Å². The second-order valence-electron chi connectivity index (χ2n) is 7.53. The lowest BCUT2D eigenvalue weighted by Gasteiger charge is -2.23. The molecule has 2 N–H and O–H groups in total. The third-order valence-electron chi connectivity index (χ3n) is 5.07. The SMILES string of the molecule is CCNC(=NCC(c1cnn(C)c1)N(C)C)NC1CCN(c2ncccc2F)C1. The first-order valence-corrected chi connectivity index (χ1v) is 10.0.